The van der Waals surface area contributed by atoms with Gasteiger partial charge in [-0.2, -0.15) is 4.98 Å². The van der Waals surface area contributed by atoms with Gasteiger partial charge >= 0.3 is 0 Å². The van der Waals surface area contributed by atoms with E-state index in [0.29, 0.717) is 30.1 Å². The lowest BCUT2D eigenvalue weighted by Crippen LogP contribution is -2.17. The Morgan fingerprint density at radius 2 is 2.35 bits per heavy atom. The molecule has 2 heterocycles. The Bertz CT molecular complexity index is 478. The molecule has 90 valence electrons. The Morgan fingerprint density at radius 3 is 3.12 bits per heavy atom. The average molecular weight is 233 g/mol. The lowest BCUT2D eigenvalue weighted by molar-refractivity contribution is 0.326. The zero-order valence-electron chi connectivity index (χ0n) is 9.50. The molecule has 1 aliphatic carbocycles. The van der Waals surface area contributed by atoms with Crippen molar-refractivity contribution < 1.29 is 8.94 Å². The molecule has 0 aromatic carbocycles. The Hall–Kier alpha value is -1.62. The second-order valence-electron chi connectivity index (χ2n) is 4.50. The summed E-state index contributed by atoms with van der Waals surface area (Å²) in [5, 5.41) is 3.99. The monoisotopic (exact) mass is 233 g/mol. The van der Waals surface area contributed by atoms with E-state index in [1.807, 2.05) is 6.07 Å². The Kier molecular flexibility index (Phi) is 2.68. The first-order valence-corrected chi connectivity index (χ1v) is 5.94. The molecule has 2 atom stereocenters. The molecule has 2 unspecified atom stereocenters. The standard InChI is InChI=1S/C12H15N3O2/c13-6-8-2-1-3-10(8)12-14-11(15-17-12)9-4-5-16-7-9/h4-5,7-8,10H,1-3,6,13H2. The van der Waals surface area contributed by atoms with Crippen LogP contribution in [0.2, 0.25) is 0 Å². The Morgan fingerprint density at radius 1 is 1.41 bits per heavy atom. The summed E-state index contributed by atoms with van der Waals surface area (Å²) in [5.74, 6) is 2.12. The summed E-state index contributed by atoms with van der Waals surface area (Å²) in [6.07, 6.45) is 6.66. The molecule has 0 aliphatic heterocycles. The van der Waals surface area contributed by atoms with Gasteiger partial charge in [0.05, 0.1) is 11.8 Å². The van der Waals surface area contributed by atoms with Crippen molar-refractivity contribution in [2.45, 2.75) is 25.2 Å². The van der Waals surface area contributed by atoms with Gasteiger partial charge in [0.2, 0.25) is 11.7 Å². The molecule has 1 aliphatic rings. The summed E-state index contributed by atoms with van der Waals surface area (Å²) < 4.78 is 10.4. The predicted octanol–water partition coefficient (Wildman–Crippen LogP) is 2.17. The van der Waals surface area contributed by atoms with Crippen LogP contribution in [-0.4, -0.2) is 16.7 Å². The summed E-state index contributed by atoms with van der Waals surface area (Å²) in [6, 6.07) is 1.82. The molecule has 0 radical (unpaired) electrons. The van der Waals surface area contributed by atoms with Crippen molar-refractivity contribution in [1.82, 2.24) is 10.1 Å². The lowest BCUT2D eigenvalue weighted by Gasteiger charge is -2.12. The first-order chi connectivity index (χ1) is 8.38. The van der Waals surface area contributed by atoms with Gasteiger partial charge in [0, 0.05) is 5.92 Å². The SMILES string of the molecule is NCC1CCCC1c1nc(-c2ccoc2)no1. The number of furan rings is 1. The maximum absolute atomic E-state index is 5.76. The van der Waals surface area contributed by atoms with Crippen LogP contribution >= 0.6 is 0 Å². The molecule has 0 saturated heterocycles. The third kappa shape index (κ3) is 1.86. The van der Waals surface area contributed by atoms with Crippen molar-refractivity contribution >= 4 is 0 Å². The van der Waals surface area contributed by atoms with Gasteiger partial charge in [0.25, 0.3) is 0 Å². The first-order valence-electron chi connectivity index (χ1n) is 5.94. The largest absolute Gasteiger partial charge is 0.472 e. The van der Waals surface area contributed by atoms with Crippen molar-refractivity contribution in [3.8, 4) is 11.4 Å². The summed E-state index contributed by atoms with van der Waals surface area (Å²) in [7, 11) is 0. The number of nitrogens with two attached hydrogens (primary N) is 1. The number of aromatic nitrogens is 2. The normalized spacial score (nSPS) is 24.3. The molecule has 3 rings (SSSR count). The summed E-state index contributed by atoms with van der Waals surface area (Å²) in [5.41, 5.74) is 6.61. The van der Waals surface area contributed by atoms with Crippen molar-refractivity contribution in [3.63, 3.8) is 0 Å². The average Bonchev–Trinajstić information content (AvgIpc) is 3.09. The van der Waals surface area contributed by atoms with E-state index in [0.717, 1.165) is 18.4 Å². The first kappa shape index (κ1) is 10.5. The number of rotatable bonds is 3. The van der Waals surface area contributed by atoms with E-state index in [-0.39, 0.29) is 0 Å². The minimum atomic E-state index is 0.327. The van der Waals surface area contributed by atoms with Gasteiger partial charge in [-0.1, -0.05) is 11.6 Å². The minimum Gasteiger partial charge on any atom is -0.472 e. The second kappa shape index (κ2) is 4.33. The third-order valence-electron chi connectivity index (χ3n) is 3.50. The van der Waals surface area contributed by atoms with Crippen LogP contribution < -0.4 is 5.73 Å². The van der Waals surface area contributed by atoms with Crippen molar-refractivity contribution in [3.05, 3.63) is 24.5 Å². The molecule has 0 spiro atoms. The van der Waals surface area contributed by atoms with Gasteiger partial charge in [0.15, 0.2) is 0 Å². The zero-order valence-corrected chi connectivity index (χ0v) is 9.50. The van der Waals surface area contributed by atoms with E-state index < -0.39 is 0 Å². The quantitative estimate of drug-likeness (QED) is 0.879. The van der Waals surface area contributed by atoms with Crippen LogP contribution in [0.15, 0.2) is 27.5 Å². The summed E-state index contributed by atoms with van der Waals surface area (Å²) in [4.78, 5) is 4.44. The van der Waals surface area contributed by atoms with E-state index in [9.17, 15) is 0 Å². The molecule has 2 aromatic heterocycles. The van der Waals surface area contributed by atoms with Gasteiger partial charge in [0.1, 0.15) is 6.26 Å². The van der Waals surface area contributed by atoms with Gasteiger partial charge < -0.3 is 14.7 Å². The van der Waals surface area contributed by atoms with Crippen LogP contribution in [0, 0.1) is 5.92 Å². The maximum atomic E-state index is 5.76. The van der Waals surface area contributed by atoms with Gasteiger partial charge in [-0.15, -0.1) is 0 Å². The third-order valence-corrected chi connectivity index (χ3v) is 3.50. The Labute approximate surface area is 99.0 Å². The number of nitrogens with zero attached hydrogens (tertiary/aromatic N) is 2. The van der Waals surface area contributed by atoms with Crippen LogP contribution in [0.1, 0.15) is 31.1 Å². The molecule has 0 amide bonds. The van der Waals surface area contributed by atoms with Crippen molar-refractivity contribution in [2.24, 2.45) is 11.7 Å². The predicted molar refractivity (Wildman–Crippen MR) is 61.1 cm³/mol. The van der Waals surface area contributed by atoms with Gasteiger partial charge in [-0.25, -0.2) is 0 Å². The van der Waals surface area contributed by atoms with E-state index >= 15 is 0 Å². The van der Waals surface area contributed by atoms with Crippen LogP contribution in [0.5, 0.6) is 0 Å². The van der Waals surface area contributed by atoms with Crippen LogP contribution in [0.4, 0.5) is 0 Å². The molecule has 5 nitrogen and oxygen atoms in total. The summed E-state index contributed by atoms with van der Waals surface area (Å²) in [6.45, 7) is 0.689. The minimum absolute atomic E-state index is 0.327. The molecular formula is C12H15N3O2. The number of hydrogen-bond donors (Lipinski definition) is 1. The molecule has 5 heteroatoms. The van der Waals surface area contributed by atoms with Crippen molar-refractivity contribution in [1.29, 1.82) is 0 Å². The van der Waals surface area contributed by atoms with Crippen LogP contribution in [0.3, 0.4) is 0 Å². The summed E-state index contributed by atoms with van der Waals surface area (Å²) >= 11 is 0. The molecule has 17 heavy (non-hydrogen) atoms. The highest BCUT2D eigenvalue weighted by Gasteiger charge is 2.32. The fourth-order valence-electron chi connectivity index (χ4n) is 2.54. The van der Waals surface area contributed by atoms with Crippen molar-refractivity contribution in [2.75, 3.05) is 6.54 Å². The number of hydrogen-bond acceptors (Lipinski definition) is 5. The van der Waals surface area contributed by atoms with E-state index in [4.69, 9.17) is 14.7 Å². The van der Waals surface area contributed by atoms with Gasteiger partial charge in [-0.05, 0) is 31.4 Å². The van der Waals surface area contributed by atoms with E-state index in [1.54, 1.807) is 12.5 Å². The van der Waals surface area contributed by atoms with Crippen LogP contribution in [0.25, 0.3) is 11.4 Å². The molecule has 0 bridgehead atoms. The highest BCUT2D eigenvalue weighted by atomic mass is 16.5. The second-order valence-corrected chi connectivity index (χ2v) is 4.50. The molecule has 2 N–H and O–H groups in total. The lowest BCUT2D eigenvalue weighted by atomic mass is 9.96. The smallest absolute Gasteiger partial charge is 0.230 e. The topological polar surface area (TPSA) is 78.1 Å². The highest BCUT2D eigenvalue weighted by molar-refractivity contribution is 5.51. The van der Waals surface area contributed by atoms with E-state index in [1.165, 1.54) is 6.42 Å². The van der Waals surface area contributed by atoms with E-state index in [2.05, 4.69) is 10.1 Å². The zero-order chi connectivity index (χ0) is 11.7. The molecule has 1 fully saturated rings. The Balaban J connectivity index is 1.85. The molecule has 2 aromatic rings. The van der Waals surface area contributed by atoms with Gasteiger partial charge in [-0.3, -0.25) is 0 Å². The van der Waals surface area contributed by atoms with Crippen LogP contribution in [-0.2, 0) is 0 Å². The highest BCUT2D eigenvalue weighted by Crippen LogP contribution is 2.38. The fraction of sp³-hybridized carbons (Fsp3) is 0.500. The molecular weight excluding hydrogens is 218 g/mol. The molecule has 1 saturated carbocycles. The maximum Gasteiger partial charge on any atom is 0.230 e. The fourth-order valence-corrected chi connectivity index (χ4v) is 2.54.